The van der Waals surface area contributed by atoms with E-state index in [1.807, 2.05) is 0 Å². The molecule has 0 heterocycles. The lowest BCUT2D eigenvalue weighted by Gasteiger charge is -2.43. The average molecular weight is 260 g/mol. The van der Waals surface area contributed by atoms with Crippen LogP contribution in [0.15, 0.2) is 0 Å². The third-order valence-corrected chi connectivity index (χ3v) is 4.09. The van der Waals surface area contributed by atoms with E-state index in [1.165, 1.54) is 12.8 Å². The lowest BCUT2D eigenvalue weighted by molar-refractivity contribution is -0.947. The Morgan fingerprint density at radius 3 is 2.11 bits per heavy atom. The number of ether oxygens (including phenoxy) is 1. The minimum Gasteiger partial charge on any atom is -0.480 e. The summed E-state index contributed by atoms with van der Waals surface area (Å²) in [5.74, 6) is -0.883. The highest BCUT2D eigenvalue weighted by Gasteiger charge is 2.32. The van der Waals surface area contributed by atoms with Gasteiger partial charge in [0.2, 0.25) is 0 Å². The van der Waals surface area contributed by atoms with Crippen LogP contribution in [0.1, 0.15) is 47.0 Å². The largest absolute Gasteiger partial charge is 0.480 e. The summed E-state index contributed by atoms with van der Waals surface area (Å²) in [5.41, 5.74) is 0. The quantitative estimate of drug-likeness (QED) is 0.581. The molecule has 0 aliphatic carbocycles. The number of hydrogen-bond donors (Lipinski definition) is 1. The summed E-state index contributed by atoms with van der Waals surface area (Å²) in [6.07, 6.45) is 3.47. The highest BCUT2D eigenvalue weighted by atomic mass is 16.5. The van der Waals surface area contributed by atoms with E-state index in [0.29, 0.717) is 12.6 Å². The first-order valence-corrected chi connectivity index (χ1v) is 7.21. The molecule has 4 heteroatoms. The molecule has 0 spiro atoms. The molecule has 0 aliphatic heterocycles. The minimum absolute atomic E-state index is 0.181. The van der Waals surface area contributed by atoms with E-state index in [9.17, 15) is 4.79 Å². The molecule has 0 rings (SSSR count). The Kier molecular flexibility index (Phi) is 9.02. The van der Waals surface area contributed by atoms with Crippen molar-refractivity contribution in [2.75, 3.05) is 32.8 Å². The van der Waals surface area contributed by atoms with Crippen LogP contribution in [0.3, 0.4) is 0 Å². The van der Waals surface area contributed by atoms with Crippen LogP contribution < -0.4 is 0 Å². The van der Waals surface area contributed by atoms with Gasteiger partial charge in [0.05, 0.1) is 26.2 Å². The zero-order chi connectivity index (χ0) is 14.0. The topological polar surface area (TPSA) is 46.5 Å². The van der Waals surface area contributed by atoms with Gasteiger partial charge >= 0.3 is 5.97 Å². The molecule has 18 heavy (non-hydrogen) atoms. The molecule has 0 saturated carbocycles. The molecule has 0 saturated heterocycles. The van der Waals surface area contributed by atoms with Crippen LogP contribution in [0.2, 0.25) is 0 Å². The third kappa shape index (κ3) is 5.36. The Balaban J connectivity index is 4.56. The van der Waals surface area contributed by atoms with E-state index in [1.54, 1.807) is 0 Å². The smallest absolute Gasteiger partial charge is 0.329 e. The predicted molar refractivity (Wildman–Crippen MR) is 73.7 cm³/mol. The number of likely N-dealkylation sites (N-methyl/N-ethyl adjacent to an activating group) is 1. The summed E-state index contributed by atoms with van der Waals surface area (Å²) in [6.45, 7) is 12.4. The van der Waals surface area contributed by atoms with Crippen LogP contribution in [-0.2, 0) is 9.53 Å². The molecule has 1 N–H and O–H groups in total. The highest BCUT2D eigenvalue weighted by Crippen LogP contribution is 2.19. The van der Waals surface area contributed by atoms with Gasteiger partial charge in [-0.25, -0.2) is 4.79 Å². The van der Waals surface area contributed by atoms with E-state index >= 15 is 0 Å². The van der Waals surface area contributed by atoms with E-state index in [2.05, 4.69) is 27.7 Å². The van der Waals surface area contributed by atoms with Gasteiger partial charge in [0.15, 0.2) is 0 Å². The highest BCUT2D eigenvalue weighted by molar-refractivity contribution is 5.67. The normalized spacial score (nSPS) is 13.6. The van der Waals surface area contributed by atoms with E-state index in [-0.39, 0.29) is 6.61 Å². The Labute approximate surface area is 112 Å². The van der Waals surface area contributed by atoms with Crippen molar-refractivity contribution in [2.45, 2.75) is 53.0 Å². The van der Waals surface area contributed by atoms with Crippen LogP contribution in [0.25, 0.3) is 0 Å². The third-order valence-electron chi connectivity index (χ3n) is 4.09. The first-order valence-electron chi connectivity index (χ1n) is 7.21. The Hall–Kier alpha value is -0.610. The van der Waals surface area contributed by atoms with Crippen molar-refractivity contribution in [1.29, 1.82) is 0 Å². The van der Waals surface area contributed by atoms with Crippen LogP contribution >= 0.6 is 0 Å². The molecule has 0 fully saturated rings. The fraction of sp³-hybridized carbons (Fsp3) is 0.929. The van der Waals surface area contributed by atoms with Crippen LogP contribution in [0, 0.1) is 0 Å². The van der Waals surface area contributed by atoms with E-state index in [0.717, 1.165) is 30.5 Å². The second-order valence-electron chi connectivity index (χ2n) is 4.87. The summed E-state index contributed by atoms with van der Waals surface area (Å²) in [5, 5.41) is 8.65. The maximum Gasteiger partial charge on any atom is 0.329 e. The summed E-state index contributed by atoms with van der Waals surface area (Å²) in [6, 6.07) is 0.421. The van der Waals surface area contributed by atoms with E-state index in [4.69, 9.17) is 9.84 Å². The molecule has 0 amide bonds. The Morgan fingerprint density at radius 2 is 1.72 bits per heavy atom. The number of carboxylic acids is 1. The predicted octanol–water partition coefficient (Wildman–Crippen LogP) is 2.52. The molecule has 0 bridgehead atoms. The number of carboxylic acid groups (broad SMARTS) is 1. The molecule has 0 radical (unpaired) electrons. The lowest BCUT2D eigenvalue weighted by Crippen LogP contribution is -2.57. The van der Waals surface area contributed by atoms with Gasteiger partial charge < -0.3 is 14.3 Å². The first-order chi connectivity index (χ1) is 8.56. The molecular weight excluding hydrogens is 230 g/mol. The average Bonchev–Trinajstić information content (AvgIpc) is 2.37. The first kappa shape index (κ1) is 17.4. The number of rotatable bonds is 11. The summed E-state index contributed by atoms with van der Waals surface area (Å²) in [4.78, 5) is 10.5. The van der Waals surface area contributed by atoms with Crippen molar-refractivity contribution in [2.24, 2.45) is 0 Å². The zero-order valence-corrected chi connectivity index (χ0v) is 12.4. The van der Waals surface area contributed by atoms with Crippen molar-refractivity contribution in [3.8, 4) is 0 Å². The van der Waals surface area contributed by atoms with Crippen LogP contribution in [0.4, 0.5) is 0 Å². The maximum atomic E-state index is 10.5. The van der Waals surface area contributed by atoms with Gasteiger partial charge in [-0.3, -0.25) is 0 Å². The Morgan fingerprint density at radius 1 is 1.17 bits per heavy atom. The van der Waals surface area contributed by atoms with Gasteiger partial charge in [0.1, 0.15) is 12.6 Å². The second kappa shape index (κ2) is 9.34. The van der Waals surface area contributed by atoms with Crippen molar-refractivity contribution in [3.63, 3.8) is 0 Å². The minimum atomic E-state index is -0.883. The molecule has 1 atom stereocenters. The van der Waals surface area contributed by atoms with Crippen molar-refractivity contribution in [1.82, 2.24) is 0 Å². The van der Waals surface area contributed by atoms with Gasteiger partial charge in [-0.15, -0.1) is 0 Å². The number of unbranched alkanes of at least 4 members (excludes halogenated alkanes) is 1. The summed E-state index contributed by atoms with van der Waals surface area (Å²) >= 11 is 0. The molecule has 0 aliphatic rings. The number of carbonyl (C=O) groups is 1. The summed E-state index contributed by atoms with van der Waals surface area (Å²) in [7, 11) is 0. The molecule has 0 aromatic carbocycles. The molecule has 0 aromatic rings. The number of aliphatic carboxylic acids is 1. The molecule has 0 aromatic heterocycles. The summed E-state index contributed by atoms with van der Waals surface area (Å²) < 4.78 is 6.38. The second-order valence-corrected chi connectivity index (χ2v) is 4.87. The van der Waals surface area contributed by atoms with Crippen LogP contribution in [0.5, 0.6) is 0 Å². The van der Waals surface area contributed by atoms with Crippen molar-refractivity contribution < 1.29 is 19.1 Å². The van der Waals surface area contributed by atoms with Gasteiger partial charge in [0, 0.05) is 6.42 Å². The number of quaternary nitrogens is 1. The molecule has 4 nitrogen and oxygen atoms in total. The fourth-order valence-electron chi connectivity index (χ4n) is 2.68. The van der Waals surface area contributed by atoms with E-state index < -0.39 is 5.97 Å². The van der Waals surface area contributed by atoms with Gasteiger partial charge in [-0.05, 0) is 27.2 Å². The van der Waals surface area contributed by atoms with Gasteiger partial charge in [0.25, 0.3) is 0 Å². The monoisotopic (exact) mass is 260 g/mol. The standard InChI is InChI=1S/C14H29NO3/c1-5-9-10-13(11-18-12-14(16)17)15(6-2,7-3)8-4/h13H,5-12H2,1-4H3/p+1. The van der Waals surface area contributed by atoms with Gasteiger partial charge in [-0.1, -0.05) is 13.3 Å². The van der Waals surface area contributed by atoms with Crippen molar-refractivity contribution in [3.05, 3.63) is 0 Å². The molecular formula is C14H30NO3+. The zero-order valence-electron chi connectivity index (χ0n) is 12.4. The SMILES string of the molecule is CCCCC(COCC(=O)O)[N+](CC)(CC)CC. The van der Waals surface area contributed by atoms with Gasteiger partial charge in [-0.2, -0.15) is 0 Å². The maximum absolute atomic E-state index is 10.5. The number of nitrogens with zero attached hydrogens (tertiary/aromatic N) is 1. The lowest BCUT2D eigenvalue weighted by atomic mass is 10.1. The van der Waals surface area contributed by atoms with Crippen LogP contribution in [-0.4, -0.2) is 54.4 Å². The Bertz CT molecular complexity index is 219. The molecule has 108 valence electrons. The van der Waals surface area contributed by atoms with Crippen molar-refractivity contribution >= 4 is 5.97 Å². The fourth-order valence-corrected chi connectivity index (χ4v) is 2.68. The number of hydrogen-bond acceptors (Lipinski definition) is 2. The molecule has 1 unspecified atom stereocenters.